The maximum absolute atomic E-state index is 12.1. The van der Waals surface area contributed by atoms with Gasteiger partial charge in [0.05, 0.1) is 5.02 Å². The number of rotatable bonds is 3. The zero-order valence-corrected chi connectivity index (χ0v) is 13.2. The van der Waals surface area contributed by atoms with E-state index in [4.69, 9.17) is 20.8 Å². The lowest BCUT2D eigenvalue weighted by Crippen LogP contribution is -2.07. The molecule has 3 nitrogen and oxygen atoms in total. The van der Waals surface area contributed by atoms with Gasteiger partial charge in [-0.2, -0.15) is 0 Å². The summed E-state index contributed by atoms with van der Waals surface area (Å²) in [5.41, 5.74) is 3.24. The van der Waals surface area contributed by atoms with Crippen LogP contribution >= 0.6 is 11.6 Å². The van der Waals surface area contributed by atoms with E-state index in [9.17, 15) is 4.79 Å². The molecule has 0 N–H and O–H groups in total. The van der Waals surface area contributed by atoms with Crippen molar-refractivity contribution in [2.75, 3.05) is 0 Å². The van der Waals surface area contributed by atoms with E-state index < -0.39 is 0 Å². The Bertz CT molecular complexity index is 929. The highest BCUT2D eigenvalue weighted by Crippen LogP contribution is 2.34. The van der Waals surface area contributed by atoms with Crippen molar-refractivity contribution in [2.24, 2.45) is 0 Å². The number of fused-ring (bicyclic) bond motifs is 3. The Kier molecular flexibility index (Phi) is 3.58. The van der Waals surface area contributed by atoms with Crippen LogP contribution in [-0.2, 0) is 19.4 Å². The molecule has 0 unspecified atom stereocenters. The van der Waals surface area contributed by atoms with E-state index in [1.165, 1.54) is 0 Å². The number of hydrogen-bond acceptors (Lipinski definition) is 3. The second kappa shape index (κ2) is 5.74. The molecule has 0 radical (unpaired) electrons. The SMILES string of the molecule is O=c1oc2cc(OCc3ccccc3)c(Cl)cc2c2c1CCC2. The summed E-state index contributed by atoms with van der Waals surface area (Å²) < 4.78 is 11.3. The zero-order chi connectivity index (χ0) is 15.8. The van der Waals surface area contributed by atoms with Crippen LogP contribution in [0.25, 0.3) is 11.0 Å². The molecule has 116 valence electrons. The van der Waals surface area contributed by atoms with Gasteiger partial charge in [-0.25, -0.2) is 4.79 Å². The minimum atomic E-state index is -0.235. The van der Waals surface area contributed by atoms with Crippen molar-refractivity contribution in [3.63, 3.8) is 0 Å². The smallest absolute Gasteiger partial charge is 0.339 e. The molecule has 1 aliphatic carbocycles. The third-order valence-electron chi connectivity index (χ3n) is 4.26. The van der Waals surface area contributed by atoms with Crippen LogP contribution in [0.2, 0.25) is 5.02 Å². The summed E-state index contributed by atoms with van der Waals surface area (Å²) in [4.78, 5) is 12.1. The van der Waals surface area contributed by atoms with Crippen molar-refractivity contribution in [1.82, 2.24) is 0 Å². The van der Waals surface area contributed by atoms with Crippen molar-refractivity contribution in [2.45, 2.75) is 25.9 Å². The minimum Gasteiger partial charge on any atom is -0.487 e. The fourth-order valence-electron chi connectivity index (χ4n) is 3.13. The minimum absolute atomic E-state index is 0.235. The van der Waals surface area contributed by atoms with Gasteiger partial charge in [-0.05, 0) is 36.5 Å². The maximum atomic E-state index is 12.1. The zero-order valence-electron chi connectivity index (χ0n) is 12.5. The van der Waals surface area contributed by atoms with Crippen LogP contribution in [0.1, 0.15) is 23.1 Å². The van der Waals surface area contributed by atoms with E-state index in [0.29, 0.717) is 23.0 Å². The molecular formula is C19H15ClO3. The number of ether oxygens (including phenoxy) is 1. The topological polar surface area (TPSA) is 39.4 Å². The molecule has 3 aromatic rings. The first-order chi connectivity index (χ1) is 11.2. The van der Waals surface area contributed by atoms with Crippen LogP contribution in [0.5, 0.6) is 5.75 Å². The average molecular weight is 327 g/mol. The quantitative estimate of drug-likeness (QED) is 0.665. The van der Waals surface area contributed by atoms with Gasteiger partial charge >= 0.3 is 5.63 Å². The van der Waals surface area contributed by atoms with Crippen LogP contribution in [0.4, 0.5) is 0 Å². The standard InChI is InChI=1S/C19H15ClO3/c20-16-9-15-13-7-4-8-14(13)19(21)23-17(15)10-18(16)22-11-12-5-2-1-3-6-12/h1-3,5-6,9-10H,4,7-8,11H2. The molecule has 0 amide bonds. The second-order valence-corrected chi connectivity index (χ2v) is 6.16. The Labute approximate surface area is 138 Å². The van der Waals surface area contributed by atoms with Gasteiger partial charge in [0.25, 0.3) is 0 Å². The molecule has 1 aliphatic rings. The summed E-state index contributed by atoms with van der Waals surface area (Å²) in [6, 6.07) is 13.4. The molecule has 1 heterocycles. The molecule has 2 aromatic carbocycles. The molecular weight excluding hydrogens is 312 g/mol. The third-order valence-corrected chi connectivity index (χ3v) is 4.56. The highest BCUT2D eigenvalue weighted by atomic mass is 35.5. The van der Waals surface area contributed by atoms with Crippen LogP contribution in [0.15, 0.2) is 51.7 Å². The molecule has 0 spiro atoms. The maximum Gasteiger partial charge on any atom is 0.339 e. The van der Waals surface area contributed by atoms with Gasteiger partial charge in [0.1, 0.15) is 17.9 Å². The van der Waals surface area contributed by atoms with E-state index in [0.717, 1.165) is 41.3 Å². The molecule has 0 atom stereocenters. The lowest BCUT2D eigenvalue weighted by atomic mass is 10.1. The van der Waals surface area contributed by atoms with Gasteiger partial charge < -0.3 is 9.15 Å². The fraction of sp³-hybridized carbons (Fsp3) is 0.211. The van der Waals surface area contributed by atoms with Gasteiger partial charge in [0, 0.05) is 17.0 Å². The molecule has 23 heavy (non-hydrogen) atoms. The number of aryl methyl sites for hydroxylation is 1. The summed E-state index contributed by atoms with van der Waals surface area (Å²) in [7, 11) is 0. The number of benzene rings is 2. The summed E-state index contributed by atoms with van der Waals surface area (Å²) >= 11 is 6.37. The summed E-state index contributed by atoms with van der Waals surface area (Å²) in [5.74, 6) is 0.532. The fourth-order valence-corrected chi connectivity index (χ4v) is 3.35. The van der Waals surface area contributed by atoms with Crippen LogP contribution in [0, 0.1) is 0 Å². The number of halogens is 1. The Balaban J connectivity index is 1.73. The van der Waals surface area contributed by atoms with E-state index in [1.807, 2.05) is 36.4 Å². The van der Waals surface area contributed by atoms with Crippen LogP contribution in [-0.4, -0.2) is 0 Å². The van der Waals surface area contributed by atoms with Crippen LogP contribution in [0.3, 0.4) is 0 Å². The first kappa shape index (κ1) is 14.3. The molecule has 0 bridgehead atoms. The van der Waals surface area contributed by atoms with Gasteiger partial charge in [-0.1, -0.05) is 41.9 Å². The molecule has 4 heteroatoms. The van der Waals surface area contributed by atoms with Crippen molar-refractivity contribution in [1.29, 1.82) is 0 Å². The Morgan fingerprint density at radius 1 is 1.09 bits per heavy atom. The second-order valence-electron chi connectivity index (χ2n) is 5.75. The summed E-state index contributed by atoms with van der Waals surface area (Å²) in [6.07, 6.45) is 2.68. The summed E-state index contributed by atoms with van der Waals surface area (Å²) in [6.45, 7) is 0.418. The normalized spacial score (nSPS) is 13.3. The largest absolute Gasteiger partial charge is 0.487 e. The Morgan fingerprint density at radius 3 is 2.70 bits per heavy atom. The number of hydrogen-bond donors (Lipinski definition) is 0. The first-order valence-electron chi connectivity index (χ1n) is 7.67. The molecule has 0 fully saturated rings. The van der Waals surface area contributed by atoms with E-state index in [2.05, 4.69) is 0 Å². The highest BCUT2D eigenvalue weighted by molar-refractivity contribution is 6.32. The van der Waals surface area contributed by atoms with Crippen molar-refractivity contribution in [3.05, 3.63) is 74.6 Å². The van der Waals surface area contributed by atoms with Gasteiger partial charge in [-0.3, -0.25) is 0 Å². The average Bonchev–Trinajstić information content (AvgIpc) is 3.05. The van der Waals surface area contributed by atoms with Gasteiger partial charge in [-0.15, -0.1) is 0 Å². The molecule has 0 saturated heterocycles. The Morgan fingerprint density at radius 2 is 1.87 bits per heavy atom. The molecule has 0 saturated carbocycles. The molecule has 4 rings (SSSR count). The molecule has 0 aliphatic heterocycles. The summed E-state index contributed by atoms with van der Waals surface area (Å²) in [5, 5.41) is 1.46. The van der Waals surface area contributed by atoms with E-state index in [-0.39, 0.29) is 5.63 Å². The predicted molar refractivity (Wildman–Crippen MR) is 90.3 cm³/mol. The third kappa shape index (κ3) is 2.62. The van der Waals surface area contributed by atoms with Gasteiger partial charge in [0.15, 0.2) is 0 Å². The lowest BCUT2D eigenvalue weighted by molar-refractivity contribution is 0.306. The van der Waals surface area contributed by atoms with Crippen molar-refractivity contribution < 1.29 is 9.15 Å². The van der Waals surface area contributed by atoms with Crippen LogP contribution < -0.4 is 10.4 Å². The predicted octanol–water partition coefficient (Wildman–Crippen LogP) is 4.51. The van der Waals surface area contributed by atoms with E-state index >= 15 is 0 Å². The van der Waals surface area contributed by atoms with Crippen molar-refractivity contribution >= 4 is 22.6 Å². The highest BCUT2D eigenvalue weighted by Gasteiger charge is 2.20. The Hall–Kier alpha value is -2.26. The van der Waals surface area contributed by atoms with Gasteiger partial charge in [0.2, 0.25) is 0 Å². The lowest BCUT2D eigenvalue weighted by Gasteiger charge is -2.10. The van der Waals surface area contributed by atoms with Crippen molar-refractivity contribution in [3.8, 4) is 5.75 Å². The monoisotopic (exact) mass is 326 g/mol. The van der Waals surface area contributed by atoms with E-state index in [1.54, 1.807) is 6.07 Å². The molecule has 1 aromatic heterocycles. The first-order valence-corrected chi connectivity index (χ1v) is 8.05.